The second-order valence-corrected chi connectivity index (χ2v) is 7.57. The molecule has 3 aromatic rings. The van der Waals surface area contributed by atoms with Crippen molar-refractivity contribution < 1.29 is 13.9 Å². The fourth-order valence-electron chi connectivity index (χ4n) is 3.33. The Morgan fingerprint density at radius 3 is 2.47 bits per heavy atom. The predicted octanol–water partition coefficient (Wildman–Crippen LogP) is 2.62. The number of anilines is 4. The Hall–Kier alpha value is -4.22. The van der Waals surface area contributed by atoms with E-state index in [1.54, 1.807) is 37.4 Å². The lowest BCUT2D eigenvalue weighted by molar-refractivity contribution is 0.168. The molecular weight excluding hydrogens is 439 g/mol. The summed E-state index contributed by atoms with van der Waals surface area (Å²) in [5.41, 5.74) is 15.2. The van der Waals surface area contributed by atoms with Crippen molar-refractivity contribution in [3.05, 3.63) is 77.2 Å². The number of aromatic nitrogens is 1. The Bertz CT molecular complexity index is 1180. The quantitative estimate of drug-likeness (QED) is 0.128. The normalized spacial score (nSPS) is 11.5. The SMILES string of the molecule is COCC(NC(=O)Nc1cc(N)c(C(=N)c2ccc(N(C)N)c(N)c2)cn1)c1ccc(F)cc1. The average Bonchev–Trinajstić information content (AvgIpc) is 2.78. The zero-order valence-corrected chi connectivity index (χ0v) is 18.8. The van der Waals surface area contributed by atoms with Gasteiger partial charge < -0.3 is 26.5 Å². The summed E-state index contributed by atoms with van der Waals surface area (Å²) in [5, 5.41) is 15.2. The maximum atomic E-state index is 13.2. The van der Waals surface area contributed by atoms with Crippen LogP contribution in [0.1, 0.15) is 22.7 Å². The van der Waals surface area contributed by atoms with Gasteiger partial charge in [-0.3, -0.25) is 10.7 Å². The maximum Gasteiger partial charge on any atom is 0.320 e. The number of hydrogen-bond donors (Lipinski definition) is 6. The number of nitrogen functional groups attached to an aromatic ring is 2. The number of carbonyl (C=O) groups excluding carboxylic acids is 1. The molecule has 0 radical (unpaired) electrons. The molecule has 1 heterocycles. The molecular formula is C23H27FN8O2. The van der Waals surface area contributed by atoms with Crippen LogP contribution in [0.4, 0.5) is 32.1 Å². The Morgan fingerprint density at radius 2 is 1.88 bits per heavy atom. The molecule has 1 aromatic heterocycles. The van der Waals surface area contributed by atoms with Gasteiger partial charge in [-0.05, 0) is 29.8 Å². The summed E-state index contributed by atoms with van der Waals surface area (Å²) in [6, 6.07) is 11.2. The molecule has 10 nitrogen and oxygen atoms in total. The van der Waals surface area contributed by atoms with Crippen LogP contribution >= 0.6 is 0 Å². The van der Waals surface area contributed by atoms with Crippen molar-refractivity contribution in [1.29, 1.82) is 5.41 Å². The van der Waals surface area contributed by atoms with Crippen molar-refractivity contribution in [2.75, 3.05) is 42.6 Å². The van der Waals surface area contributed by atoms with E-state index in [4.69, 9.17) is 27.5 Å². The first kappa shape index (κ1) is 24.4. The lowest BCUT2D eigenvalue weighted by atomic mass is 10.0. The number of halogens is 1. The molecule has 0 fully saturated rings. The van der Waals surface area contributed by atoms with E-state index in [1.165, 1.54) is 36.5 Å². The molecule has 0 spiro atoms. The van der Waals surface area contributed by atoms with Gasteiger partial charge in [0.25, 0.3) is 0 Å². The van der Waals surface area contributed by atoms with Crippen LogP contribution in [0.5, 0.6) is 0 Å². The molecule has 0 bridgehead atoms. The van der Waals surface area contributed by atoms with E-state index in [9.17, 15) is 9.18 Å². The molecule has 2 aromatic carbocycles. The molecule has 178 valence electrons. The molecule has 3 rings (SSSR count). The third-order valence-electron chi connectivity index (χ3n) is 5.05. The number of amides is 2. The first-order valence-electron chi connectivity index (χ1n) is 10.2. The molecule has 0 aliphatic carbocycles. The number of hydrazine groups is 1. The van der Waals surface area contributed by atoms with Crippen molar-refractivity contribution >= 4 is 34.6 Å². The van der Waals surface area contributed by atoms with Gasteiger partial charge >= 0.3 is 6.03 Å². The largest absolute Gasteiger partial charge is 0.398 e. The van der Waals surface area contributed by atoms with Gasteiger partial charge in [0.05, 0.1) is 29.7 Å². The third-order valence-corrected chi connectivity index (χ3v) is 5.05. The fraction of sp³-hybridized carbons (Fsp3) is 0.174. The number of methoxy groups -OCH3 is 1. The second kappa shape index (κ2) is 10.6. The van der Waals surface area contributed by atoms with E-state index in [1.807, 2.05) is 0 Å². The van der Waals surface area contributed by atoms with Gasteiger partial charge in [-0.1, -0.05) is 18.2 Å². The van der Waals surface area contributed by atoms with Crippen LogP contribution in [0.25, 0.3) is 0 Å². The number of ether oxygens (including phenoxy) is 1. The van der Waals surface area contributed by atoms with Gasteiger partial charge in [0.15, 0.2) is 0 Å². The van der Waals surface area contributed by atoms with Gasteiger partial charge in [-0.25, -0.2) is 20.0 Å². The van der Waals surface area contributed by atoms with Crippen LogP contribution < -0.4 is 33.0 Å². The van der Waals surface area contributed by atoms with E-state index in [2.05, 4.69) is 15.6 Å². The summed E-state index contributed by atoms with van der Waals surface area (Å²) in [4.78, 5) is 16.7. The van der Waals surface area contributed by atoms with Crippen LogP contribution in [0.15, 0.2) is 54.7 Å². The fourth-order valence-corrected chi connectivity index (χ4v) is 3.33. The highest BCUT2D eigenvalue weighted by Gasteiger charge is 2.17. The van der Waals surface area contributed by atoms with E-state index < -0.39 is 12.1 Å². The Labute approximate surface area is 196 Å². The zero-order valence-electron chi connectivity index (χ0n) is 18.8. The lowest BCUT2D eigenvalue weighted by Gasteiger charge is -2.19. The summed E-state index contributed by atoms with van der Waals surface area (Å²) < 4.78 is 18.4. The number of nitrogens with one attached hydrogen (secondary N) is 3. The van der Waals surface area contributed by atoms with Gasteiger partial charge in [0, 0.05) is 43.2 Å². The molecule has 11 heteroatoms. The zero-order chi connectivity index (χ0) is 24.8. The van der Waals surface area contributed by atoms with Gasteiger partial charge in [0.2, 0.25) is 0 Å². The predicted molar refractivity (Wildman–Crippen MR) is 131 cm³/mol. The number of rotatable bonds is 8. The Balaban J connectivity index is 1.71. The maximum absolute atomic E-state index is 13.2. The minimum absolute atomic E-state index is 0.121. The molecule has 1 atom stereocenters. The number of hydrogen-bond acceptors (Lipinski definition) is 8. The summed E-state index contributed by atoms with van der Waals surface area (Å²) in [7, 11) is 3.17. The highest BCUT2D eigenvalue weighted by Crippen LogP contribution is 2.25. The summed E-state index contributed by atoms with van der Waals surface area (Å²) in [6.45, 7) is 0.187. The summed E-state index contributed by atoms with van der Waals surface area (Å²) in [6.07, 6.45) is 1.40. The Kier molecular flexibility index (Phi) is 7.61. The van der Waals surface area contributed by atoms with Crippen molar-refractivity contribution in [2.45, 2.75) is 6.04 Å². The molecule has 34 heavy (non-hydrogen) atoms. The number of benzene rings is 2. The third kappa shape index (κ3) is 5.77. The van der Waals surface area contributed by atoms with E-state index in [0.717, 1.165) is 0 Å². The topological polar surface area (TPSA) is 168 Å². The van der Waals surface area contributed by atoms with E-state index in [-0.39, 0.29) is 29.6 Å². The van der Waals surface area contributed by atoms with Crippen molar-refractivity contribution in [1.82, 2.24) is 10.3 Å². The lowest BCUT2D eigenvalue weighted by Crippen LogP contribution is -2.35. The van der Waals surface area contributed by atoms with E-state index in [0.29, 0.717) is 28.1 Å². The first-order valence-corrected chi connectivity index (χ1v) is 10.2. The van der Waals surface area contributed by atoms with Crippen molar-refractivity contribution in [2.24, 2.45) is 5.84 Å². The second-order valence-electron chi connectivity index (χ2n) is 7.57. The average molecular weight is 467 g/mol. The highest BCUT2D eigenvalue weighted by atomic mass is 19.1. The highest BCUT2D eigenvalue weighted by molar-refractivity contribution is 6.14. The smallest absolute Gasteiger partial charge is 0.320 e. The molecule has 0 aliphatic heterocycles. The molecule has 2 amide bonds. The number of nitrogens with zero attached hydrogens (tertiary/aromatic N) is 2. The molecule has 0 aliphatic rings. The molecule has 1 unspecified atom stereocenters. The van der Waals surface area contributed by atoms with Crippen LogP contribution in [0, 0.1) is 11.2 Å². The number of pyridine rings is 1. The van der Waals surface area contributed by atoms with Crippen molar-refractivity contribution in [3.63, 3.8) is 0 Å². The first-order chi connectivity index (χ1) is 16.2. The molecule has 9 N–H and O–H groups in total. The van der Waals surface area contributed by atoms with Gasteiger partial charge in [0.1, 0.15) is 11.6 Å². The minimum atomic E-state index is -0.546. The van der Waals surface area contributed by atoms with Crippen LogP contribution in [0.2, 0.25) is 0 Å². The van der Waals surface area contributed by atoms with E-state index >= 15 is 0 Å². The molecule has 0 saturated heterocycles. The monoisotopic (exact) mass is 466 g/mol. The summed E-state index contributed by atoms with van der Waals surface area (Å²) >= 11 is 0. The van der Waals surface area contributed by atoms with Crippen molar-refractivity contribution in [3.8, 4) is 0 Å². The van der Waals surface area contributed by atoms with Crippen LogP contribution in [-0.4, -0.2) is 37.5 Å². The van der Waals surface area contributed by atoms with Gasteiger partial charge in [-0.2, -0.15) is 0 Å². The molecule has 0 saturated carbocycles. The Morgan fingerprint density at radius 1 is 1.18 bits per heavy atom. The number of nitrogens with two attached hydrogens (primary N) is 3. The number of urea groups is 1. The van der Waals surface area contributed by atoms with Crippen LogP contribution in [-0.2, 0) is 4.74 Å². The standard InChI is InChI=1S/C23H27FN8O2/c1-32(28)20-8-5-14(9-18(20)26)22(27)16-11-29-21(10-17(16)25)31-23(33)30-19(12-34-2)13-3-6-15(24)7-4-13/h3-11,19,27H,12,26,28H2,1-2H3,(H4,25,29,30,31,33). The summed E-state index contributed by atoms with van der Waals surface area (Å²) in [5.74, 6) is 5.55. The van der Waals surface area contributed by atoms with Crippen LogP contribution in [0.3, 0.4) is 0 Å². The number of carbonyl (C=O) groups is 1. The minimum Gasteiger partial charge on any atom is -0.398 e. The van der Waals surface area contributed by atoms with Gasteiger partial charge in [-0.15, -0.1) is 0 Å².